The van der Waals surface area contributed by atoms with Crippen LogP contribution < -0.4 is 10.1 Å². The van der Waals surface area contributed by atoms with Gasteiger partial charge in [0.2, 0.25) is 0 Å². The number of hydrogen-bond acceptors (Lipinski definition) is 2. The summed E-state index contributed by atoms with van der Waals surface area (Å²) in [4.78, 5) is 12.8. The number of amides is 1. The highest BCUT2D eigenvalue weighted by atomic mass is 16.5. The van der Waals surface area contributed by atoms with Gasteiger partial charge in [0.1, 0.15) is 5.75 Å². The number of ether oxygens (including phenoxy) is 1. The molecule has 0 aliphatic heterocycles. The first-order chi connectivity index (χ1) is 12.7. The Morgan fingerprint density at radius 1 is 0.923 bits per heavy atom. The minimum Gasteiger partial charge on any atom is -0.496 e. The van der Waals surface area contributed by atoms with Gasteiger partial charge < -0.3 is 10.1 Å². The molecule has 0 aromatic heterocycles. The van der Waals surface area contributed by atoms with Crippen molar-refractivity contribution in [1.82, 2.24) is 5.32 Å². The van der Waals surface area contributed by atoms with E-state index in [9.17, 15) is 4.79 Å². The molecular formula is C23H25NO2. The number of nitrogens with one attached hydrogen (secondary N) is 1. The Labute approximate surface area is 155 Å². The van der Waals surface area contributed by atoms with E-state index in [0.29, 0.717) is 17.9 Å². The highest BCUT2D eigenvalue weighted by Gasteiger charge is 2.14. The first-order valence-electron chi connectivity index (χ1n) is 9.12. The molecule has 0 saturated heterocycles. The maximum atomic E-state index is 12.8. The third-order valence-electron chi connectivity index (χ3n) is 4.81. The molecule has 134 valence electrons. The normalized spacial score (nSPS) is 10.7. The van der Waals surface area contributed by atoms with Gasteiger partial charge in [0.05, 0.1) is 12.7 Å². The molecule has 3 rings (SSSR count). The van der Waals surface area contributed by atoms with E-state index in [2.05, 4.69) is 37.4 Å². The van der Waals surface area contributed by atoms with Crippen molar-refractivity contribution in [3.05, 3.63) is 76.9 Å². The number of carbonyl (C=O) groups is 1. The smallest absolute Gasteiger partial charge is 0.255 e. The quantitative estimate of drug-likeness (QED) is 0.688. The van der Waals surface area contributed by atoms with Crippen LogP contribution >= 0.6 is 0 Å². The van der Waals surface area contributed by atoms with Crippen LogP contribution in [0.15, 0.2) is 54.6 Å². The molecule has 0 atom stereocenters. The van der Waals surface area contributed by atoms with Crippen molar-refractivity contribution in [2.75, 3.05) is 7.11 Å². The van der Waals surface area contributed by atoms with E-state index in [-0.39, 0.29) is 5.91 Å². The van der Waals surface area contributed by atoms with Gasteiger partial charge in [0.15, 0.2) is 0 Å². The zero-order valence-electron chi connectivity index (χ0n) is 15.6. The van der Waals surface area contributed by atoms with Crippen LogP contribution in [-0.4, -0.2) is 13.0 Å². The molecule has 1 N–H and O–H groups in total. The summed E-state index contributed by atoms with van der Waals surface area (Å²) in [7, 11) is 1.60. The molecule has 0 spiro atoms. The van der Waals surface area contributed by atoms with Crippen LogP contribution in [0, 0.1) is 0 Å². The molecule has 0 fully saturated rings. The van der Waals surface area contributed by atoms with Crippen LogP contribution in [0.1, 0.15) is 40.9 Å². The molecule has 0 radical (unpaired) electrons. The number of benzene rings is 3. The van der Waals surface area contributed by atoms with Crippen molar-refractivity contribution >= 4 is 16.7 Å². The van der Waals surface area contributed by atoms with Crippen LogP contribution in [0.4, 0.5) is 0 Å². The molecule has 0 aliphatic rings. The fraction of sp³-hybridized carbons (Fsp3) is 0.261. The lowest BCUT2D eigenvalue weighted by atomic mass is 10.0. The van der Waals surface area contributed by atoms with Crippen molar-refractivity contribution in [3.63, 3.8) is 0 Å². The molecule has 0 bridgehead atoms. The Morgan fingerprint density at radius 3 is 2.31 bits per heavy atom. The third-order valence-corrected chi connectivity index (χ3v) is 4.81. The molecule has 3 heteroatoms. The zero-order valence-corrected chi connectivity index (χ0v) is 15.6. The molecular weight excluding hydrogens is 322 g/mol. The van der Waals surface area contributed by atoms with E-state index in [1.165, 1.54) is 16.7 Å². The lowest BCUT2D eigenvalue weighted by molar-refractivity contribution is 0.0948. The van der Waals surface area contributed by atoms with Crippen molar-refractivity contribution in [2.45, 2.75) is 33.2 Å². The van der Waals surface area contributed by atoms with Crippen molar-refractivity contribution in [2.24, 2.45) is 0 Å². The molecule has 26 heavy (non-hydrogen) atoms. The number of methoxy groups -OCH3 is 1. The Hall–Kier alpha value is -2.81. The van der Waals surface area contributed by atoms with E-state index in [4.69, 9.17) is 4.74 Å². The Morgan fingerprint density at radius 2 is 1.65 bits per heavy atom. The number of fused-ring (bicyclic) bond motifs is 1. The summed E-state index contributed by atoms with van der Waals surface area (Å²) in [6.07, 6.45) is 1.94. The van der Waals surface area contributed by atoms with Gasteiger partial charge in [-0.15, -0.1) is 0 Å². The largest absolute Gasteiger partial charge is 0.496 e. The predicted molar refractivity (Wildman–Crippen MR) is 107 cm³/mol. The fourth-order valence-corrected chi connectivity index (χ4v) is 3.25. The summed E-state index contributed by atoms with van der Waals surface area (Å²) in [5.41, 5.74) is 4.30. The summed E-state index contributed by atoms with van der Waals surface area (Å²) in [5.74, 6) is 0.482. The van der Waals surface area contributed by atoms with E-state index in [1.807, 2.05) is 36.4 Å². The lowest BCUT2D eigenvalue weighted by Gasteiger charge is -2.13. The van der Waals surface area contributed by atoms with Crippen LogP contribution in [0.2, 0.25) is 0 Å². The second kappa shape index (κ2) is 8.05. The molecule has 0 heterocycles. The average Bonchev–Trinajstić information content (AvgIpc) is 2.70. The van der Waals surface area contributed by atoms with E-state index in [0.717, 1.165) is 23.6 Å². The maximum Gasteiger partial charge on any atom is 0.255 e. The highest BCUT2D eigenvalue weighted by Crippen LogP contribution is 2.26. The SMILES string of the molecule is CCc1ccc(CC)c(CNC(=O)c2cc3ccccc3cc2OC)c1. The van der Waals surface area contributed by atoms with Crippen molar-refractivity contribution in [3.8, 4) is 5.75 Å². The number of rotatable bonds is 6. The van der Waals surface area contributed by atoms with Crippen LogP contribution in [0.5, 0.6) is 5.75 Å². The minimum atomic E-state index is -0.114. The second-order valence-corrected chi connectivity index (χ2v) is 6.39. The number of aryl methyl sites for hydroxylation is 2. The molecule has 1 amide bonds. The third kappa shape index (κ3) is 3.72. The first-order valence-corrected chi connectivity index (χ1v) is 9.12. The summed E-state index contributed by atoms with van der Waals surface area (Å²) >= 11 is 0. The maximum absolute atomic E-state index is 12.8. The van der Waals surface area contributed by atoms with Crippen molar-refractivity contribution in [1.29, 1.82) is 0 Å². The van der Waals surface area contributed by atoms with Gasteiger partial charge in [0, 0.05) is 6.54 Å². The summed E-state index contributed by atoms with van der Waals surface area (Å²) in [6, 6.07) is 18.3. The Bertz CT molecular complexity index is 931. The van der Waals surface area contributed by atoms with Crippen LogP contribution in [0.25, 0.3) is 10.8 Å². The van der Waals surface area contributed by atoms with Gasteiger partial charge in [-0.25, -0.2) is 0 Å². The molecule has 0 aliphatic carbocycles. The van der Waals surface area contributed by atoms with Gasteiger partial charge in [0.25, 0.3) is 5.91 Å². The Kier molecular flexibility index (Phi) is 5.57. The van der Waals surface area contributed by atoms with Crippen LogP contribution in [-0.2, 0) is 19.4 Å². The molecule has 3 nitrogen and oxygen atoms in total. The van der Waals surface area contributed by atoms with E-state index in [1.54, 1.807) is 7.11 Å². The van der Waals surface area contributed by atoms with Gasteiger partial charge in [-0.3, -0.25) is 4.79 Å². The van der Waals surface area contributed by atoms with E-state index >= 15 is 0 Å². The Balaban J connectivity index is 1.85. The summed E-state index contributed by atoms with van der Waals surface area (Å²) in [6.45, 7) is 4.80. The van der Waals surface area contributed by atoms with Crippen molar-refractivity contribution < 1.29 is 9.53 Å². The number of carbonyl (C=O) groups excluding carboxylic acids is 1. The monoisotopic (exact) mass is 347 g/mol. The zero-order chi connectivity index (χ0) is 18.5. The molecule has 3 aromatic rings. The van der Waals surface area contributed by atoms with Crippen LogP contribution in [0.3, 0.4) is 0 Å². The summed E-state index contributed by atoms with van der Waals surface area (Å²) < 4.78 is 5.45. The second-order valence-electron chi connectivity index (χ2n) is 6.39. The molecule has 0 unspecified atom stereocenters. The number of hydrogen-bond donors (Lipinski definition) is 1. The van der Waals surface area contributed by atoms with Gasteiger partial charge >= 0.3 is 0 Å². The minimum absolute atomic E-state index is 0.114. The average molecular weight is 347 g/mol. The van der Waals surface area contributed by atoms with E-state index < -0.39 is 0 Å². The standard InChI is InChI=1S/C23H25NO2/c1-4-16-10-11-17(5-2)20(12-16)15-24-23(25)21-13-18-8-6-7-9-19(18)14-22(21)26-3/h6-14H,4-5,15H2,1-3H3,(H,24,25). The lowest BCUT2D eigenvalue weighted by Crippen LogP contribution is -2.24. The van der Waals surface area contributed by atoms with Gasteiger partial charge in [-0.1, -0.05) is 56.3 Å². The van der Waals surface area contributed by atoms with Gasteiger partial charge in [-0.2, -0.15) is 0 Å². The fourth-order valence-electron chi connectivity index (χ4n) is 3.25. The summed E-state index contributed by atoms with van der Waals surface area (Å²) in [5, 5.41) is 5.15. The molecule has 0 saturated carbocycles. The first kappa shape index (κ1) is 18.0. The molecule has 3 aromatic carbocycles. The van der Waals surface area contributed by atoms with Gasteiger partial charge in [-0.05, 0) is 52.4 Å². The predicted octanol–water partition coefficient (Wildman–Crippen LogP) is 4.90. The highest BCUT2D eigenvalue weighted by molar-refractivity contribution is 6.01. The topological polar surface area (TPSA) is 38.3 Å².